The van der Waals surface area contributed by atoms with Crippen molar-refractivity contribution in [2.45, 2.75) is 287 Å². The molecule has 2 aliphatic heterocycles. The van der Waals surface area contributed by atoms with Crippen molar-refractivity contribution in [3.63, 3.8) is 0 Å². The third-order valence-corrected chi connectivity index (χ3v) is 14.4. The fourth-order valence-corrected chi connectivity index (χ4v) is 9.40. The number of hydrogen-bond donors (Lipinski definition) is 7. The highest BCUT2D eigenvalue weighted by atomic mass is 16.7. The van der Waals surface area contributed by atoms with E-state index in [2.05, 4.69) is 98.9 Å². The summed E-state index contributed by atoms with van der Waals surface area (Å²) in [5, 5.41) is 72.5. The van der Waals surface area contributed by atoms with Gasteiger partial charge in [-0.3, -0.25) is 4.79 Å². The largest absolute Gasteiger partial charge is 0.457 e. The topological polar surface area (TPSA) is 214 Å². The zero-order chi connectivity index (χ0) is 57.2. The van der Waals surface area contributed by atoms with Gasteiger partial charge in [0.1, 0.15) is 54.9 Å². The van der Waals surface area contributed by atoms with Gasteiger partial charge in [0.05, 0.1) is 26.4 Å². The van der Waals surface area contributed by atoms with E-state index in [4.69, 9.17) is 28.4 Å². The highest BCUT2D eigenvalue weighted by Gasteiger charge is 2.47. The van der Waals surface area contributed by atoms with Gasteiger partial charge in [0.2, 0.25) is 0 Å². The number of allylic oxidation sites excluding steroid dienone is 14. The molecule has 0 radical (unpaired) electrons. The number of aliphatic hydroxyl groups excluding tert-OH is 7. The second-order valence-corrected chi connectivity index (χ2v) is 21.5. The summed E-state index contributed by atoms with van der Waals surface area (Å²) in [6.07, 6.45) is 50.6. The van der Waals surface area contributed by atoms with Gasteiger partial charge in [-0.1, -0.05) is 208 Å². The Kier molecular flexibility index (Phi) is 46.5. The van der Waals surface area contributed by atoms with Crippen LogP contribution in [0.4, 0.5) is 0 Å². The first-order valence-corrected chi connectivity index (χ1v) is 31.2. The molecule has 7 N–H and O–H groups in total. The molecule has 0 amide bonds. The molecule has 11 atom stereocenters. The first-order valence-electron chi connectivity index (χ1n) is 31.2. The molecule has 0 aromatic rings. The quantitative estimate of drug-likeness (QED) is 0.0172. The first-order chi connectivity index (χ1) is 38.6. The van der Waals surface area contributed by atoms with Crippen LogP contribution in [0.15, 0.2) is 85.1 Å². The van der Waals surface area contributed by atoms with Crippen molar-refractivity contribution >= 4 is 5.97 Å². The van der Waals surface area contributed by atoms with Gasteiger partial charge >= 0.3 is 5.97 Å². The molecule has 0 aromatic carbocycles. The molecule has 2 fully saturated rings. The summed E-state index contributed by atoms with van der Waals surface area (Å²) in [6, 6.07) is 0. The molecular formula is C65H112O14. The number of carbonyl (C=O) groups excluding carboxylic acids is 1. The lowest BCUT2D eigenvalue weighted by Gasteiger charge is -2.42. The minimum absolute atomic E-state index is 0.0500. The van der Waals surface area contributed by atoms with Crippen LogP contribution in [0.1, 0.15) is 219 Å². The molecule has 456 valence electrons. The fraction of sp³-hybridized carbons (Fsp3) is 0.769. The second kappa shape index (κ2) is 50.9. The number of unbranched alkanes of at least 4 members (excludes halogenated alkanes) is 22. The van der Waals surface area contributed by atoms with Gasteiger partial charge in [-0.25, -0.2) is 0 Å². The molecule has 2 rings (SSSR count). The zero-order valence-electron chi connectivity index (χ0n) is 49.1. The van der Waals surface area contributed by atoms with E-state index in [1.54, 1.807) is 0 Å². The van der Waals surface area contributed by atoms with Crippen molar-refractivity contribution in [1.82, 2.24) is 0 Å². The number of carbonyl (C=O) groups is 1. The molecule has 2 heterocycles. The highest BCUT2D eigenvalue weighted by Crippen LogP contribution is 2.27. The lowest BCUT2D eigenvalue weighted by molar-refractivity contribution is -0.332. The Hall–Kier alpha value is -2.83. The van der Waals surface area contributed by atoms with Crippen LogP contribution < -0.4 is 0 Å². The Labute approximate surface area is 478 Å². The molecule has 79 heavy (non-hydrogen) atoms. The van der Waals surface area contributed by atoms with Crippen LogP contribution in [0.25, 0.3) is 0 Å². The van der Waals surface area contributed by atoms with Crippen molar-refractivity contribution in [2.75, 3.05) is 33.0 Å². The summed E-state index contributed by atoms with van der Waals surface area (Å²) in [5.41, 5.74) is 0. The van der Waals surface area contributed by atoms with Crippen molar-refractivity contribution < 1.29 is 69.0 Å². The Morgan fingerprint density at radius 3 is 1.29 bits per heavy atom. The van der Waals surface area contributed by atoms with Gasteiger partial charge in [-0.05, 0) is 89.9 Å². The summed E-state index contributed by atoms with van der Waals surface area (Å²) in [7, 11) is 0. The monoisotopic (exact) mass is 1120 g/mol. The van der Waals surface area contributed by atoms with E-state index in [1.807, 2.05) is 0 Å². The smallest absolute Gasteiger partial charge is 0.306 e. The molecule has 0 bridgehead atoms. The van der Waals surface area contributed by atoms with E-state index in [0.29, 0.717) is 13.0 Å². The molecule has 2 saturated heterocycles. The molecule has 2 aliphatic rings. The minimum atomic E-state index is -1.71. The van der Waals surface area contributed by atoms with E-state index < -0.39 is 80.7 Å². The fourth-order valence-electron chi connectivity index (χ4n) is 9.40. The van der Waals surface area contributed by atoms with Gasteiger partial charge in [0, 0.05) is 13.0 Å². The maximum Gasteiger partial charge on any atom is 0.306 e. The van der Waals surface area contributed by atoms with Crippen LogP contribution in [0.5, 0.6) is 0 Å². The SMILES string of the molecule is CC/C=C\C/C=C\C/C=C\C/C=C\CCCCCCCCCCCOCC(COC1OC(COC2OC(CO)C(O)C(O)C2O)C(O)C(O)C1O)OC(=O)CCCCCCCCCC/C=C\C/C=C\C/C=C\CCCCCCC. The van der Waals surface area contributed by atoms with Crippen molar-refractivity contribution in [2.24, 2.45) is 0 Å². The van der Waals surface area contributed by atoms with Crippen molar-refractivity contribution in [3.8, 4) is 0 Å². The first kappa shape index (κ1) is 72.3. The molecule has 14 nitrogen and oxygen atoms in total. The lowest BCUT2D eigenvalue weighted by atomic mass is 9.98. The van der Waals surface area contributed by atoms with Crippen LogP contribution in [0.3, 0.4) is 0 Å². The van der Waals surface area contributed by atoms with Crippen LogP contribution in [0.2, 0.25) is 0 Å². The van der Waals surface area contributed by atoms with Crippen LogP contribution in [-0.2, 0) is 33.2 Å². The average molecular weight is 1120 g/mol. The number of esters is 1. The standard InChI is InChI=1S/C65H112O14/c1-3-5-7-9-11-13-15-17-19-21-23-25-27-28-30-32-34-36-38-40-42-44-46-48-57(67)77-54(51-74-49-47-45-43-41-39-37-35-33-31-29-26-24-22-20-18-16-14-12-10-8-6-4-2)52-75-64-63(73)61(71)59(69)56(79-64)53-76-65-62(72)60(70)58(68)55(50-66)78-65/h6,8,12,14-15,17-18,20-21,23-24,26-28,54-56,58-66,68-73H,3-5,7,9-11,13,16,19,22,25,29-53H2,1-2H3/b8-6-,14-12-,17-15-,20-18-,23-21-,26-24-,28-27-. The van der Waals surface area contributed by atoms with E-state index in [9.17, 15) is 40.5 Å². The third-order valence-electron chi connectivity index (χ3n) is 14.4. The maximum atomic E-state index is 13.1. The molecule has 11 unspecified atom stereocenters. The highest BCUT2D eigenvalue weighted by molar-refractivity contribution is 5.69. The van der Waals surface area contributed by atoms with Gasteiger partial charge in [-0.15, -0.1) is 0 Å². The second-order valence-electron chi connectivity index (χ2n) is 21.5. The molecule has 14 heteroatoms. The molecule has 0 aliphatic carbocycles. The van der Waals surface area contributed by atoms with Gasteiger partial charge in [-0.2, -0.15) is 0 Å². The summed E-state index contributed by atoms with van der Waals surface area (Å²) < 4.78 is 34.5. The third kappa shape index (κ3) is 37.1. The molecule has 0 spiro atoms. The number of hydrogen-bond acceptors (Lipinski definition) is 14. The van der Waals surface area contributed by atoms with E-state index in [0.717, 1.165) is 89.9 Å². The van der Waals surface area contributed by atoms with Gasteiger partial charge in [0.15, 0.2) is 12.6 Å². The van der Waals surface area contributed by atoms with E-state index >= 15 is 0 Å². The summed E-state index contributed by atoms with van der Waals surface area (Å²) in [4.78, 5) is 13.1. The molecular weight excluding hydrogens is 1000 g/mol. The summed E-state index contributed by atoms with van der Waals surface area (Å²) in [6.45, 7) is 3.55. The average Bonchev–Trinajstić information content (AvgIpc) is 3.46. The van der Waals surface area contributed by atoms with Crippen molar-refractivity contribution in [1.29, 1.82) is 0 Å². The Morgan fingerprint density at radius 2 is 0.823 bits per heavy atom. The number of rotatable bonds is 50. The van der Waals surface area contributed by atoms with Crippen LogP contribution in [-0.4, -0.2) is 142 Å². The number of ether oxygens (including phenoxy) is 6. The van der Waals surface area contributed by atoms with Gasteiger partial charge in [0.25, 0.3) is 0 Å². The Balaban J connectivity index is 1.70. The summed E-state index contributed by atoms with van der Waals surface area (Å²) in [5.74, 6) is -0.387. The molecule has 0 aromatic heterocycles. The summed E-state index contributed by atoms with van der Waals surface area (Å²) >= 11 is 0. The number of aliphatic hydroxyl groups is 7. The predicted octanol–water partition coefficient (Wildman–Crippen LogP) is 12.0. The molecule has 0 saturated carbocycles. The van der Waals surface area contributed by atoms with E-state index in [-0.39, 0.29) is 25.6 Å². The normalized spacial score (nSPS) is 24.6. The maximum absolute atomic E-state index is 13.1. The van der Waals surface area contributed by atoms with Crippen molar-refractivity contribution in [3.05, 3.63) is 85.1 Å². The zero-order valence-corrected chi connectivity index (χ0v) is 49.1. The van der Waals surface area contributed by atoms with Crippen LogP contribution >= 0.6 is 0 Å². The Bertz CT molecular complexity index is 1630. The predicted molar refractivity (Wildman–Crippen MR) is 316 cm³/mol. The van der Waals surface area contributed by atoms with Crippen LogP contribution in [0, 0.1) is 0 Å². The minimum Gasteiger partial charge on any atom is -0.457 e. The van der Waals surface area contributed by atoms with Gasteiger partial charge < -0.3 is 64.2 Å². The Morgan fingerprint density at radius 1 is 0.430 bits per heavy atom. The lowest BCUT2D eigenvalue weighted by Crippen LogP contribution is -2.61. The van der Waals surface area contributed by atoms with E-state index in [1.165, 1.54) is 103 Å².